The predicted molar refractivity (Wildman–Crippen MR) is 63.7 cm³/mol. The molecule has 0 radical (unpaired) electrons. The van der Waals surface area contributed by atoms with Gasteiger partial charge in [-0.3, -0.25) is 0 Å². The Morgan fingerprint density at radius 2 is 2.00 bits per heavy atom. The first-order chi connectivity index (χ1) is 7.97. The normalized spacial score (nSPS) is 21.2. The van der Waals surface area contributed by atoms with Gasteiger partial charge in [0.05, 0.1) is 24.2 Å². The molecule has 5 heteroatoms. The number of benzene rings is 1. The van der Waals surface area contributed by atoms with Gasteiger partial charge >= 0.3 is 0 Å². The third-order valence-corrected chi connectivity index (χ3v) is 3.84. The second-order valence-corrected chi connectivity index (χ2v) is 6.29. The molecule has 0 saturated carbocycles. The fourth-order valence-corrected chi connectivity index (χ4v) is 2.13. The number of hydrogen-bond donors (Lipinski definition) is 0. The maximum Gasteiger partial charge on any atom is 0.175 e. The minimum absolute atomic E-state index is 0.0483. The van der Waals surface area contributed by atoms with Crippen LogP contribution in [-0.4, -0.2) is 34.0 Å². The molecule has 0 bridgehead atoms. The topological polar surface area (TPSA) is 55.9 Å². The van der Waals surface area contributed by atoms with E-state index in [9.17, 15) is 8.42 Å². The van der Waals surface area contributed by atoms with Crippen LogP contribution in [0.2, 0.25) is 0 Å². The molecule has 2 rings (SSSR count). The second-order valence-electron chi connectivity index (χ2n) is 4.27. The van der Waals surface area contributed by atoms with Gasteiger partial charge in [-0.25, -0.2) is 8.42 Å². The zero-order valence-electron chi connectivity index (χ0n) is 9.92. The quantitative estimate of drug-likeness (QED) is 0.750. The lowest BCUT2D eigenvalue weighted by Gasteiger charge is -2.12. The first-order valence-electron chi connectivity index (χ1n) is 5.50. The SMILES string of the molecule is C[C@H](OC[C@H]1CO1)c1ccc(S(C)(=O)=O)cc1. The highest BCUT2D eigenvalue weighted by atomic mass is 32.2. The van der Waals surface area contributed by atoms with Crippen molar-refractivity contribution in [2.75, 3.05) is 19.5 Å². The smallest absolute Gasteiger partial charge is 0.175 e. The lowest BCUT2D eigenvalue weighted by Crippen LogP contribution is -2.06. The fourth-order valence-electron chi connectivity index (χ4n) is 1.50. The van der Waals surface area contributed by atoms with E-state index in [1.54, 1.807) is 24.3 Å². The van der Waals surface area contributed by atoms with Crippen molar-refractivity contribution in [3.05, 3.63) is 29.8 Å². The first-order valence-corrected chi connectivity index (χ1v) is 7.39. The van der Waals surface area contributed by atoms with Crippen molar-refractivity contribution in [3.8, 4) is 0 Å². The van der Waals surface area contributed by atoms with E-state index in [4.69, 9.17) is 9.47 Å². The zero-order chi connectivity index (χ0) is 12.5. The molecule has 17 heavy (non-hydrogen) atoms. The third-order valence-electron chi connectivity index (χ3n) is 2.71. The molecule has 1 aromatic carbocycles. The number of rotatable bonds is 5. The van der Waals surface area contributed by atoms with Gasteiger partial charge in [0.2, 0.25) is 0 Å². The van der Waals surface area contributed by atoms with Crippen LogP contribution in [0.25, 0.3) is 0 Å². The predicted octanol–water partition coefficient (Wildman–Crippen LogP) is 1.57. The number of ether oxygens (including phenoxy) is 2. The van der Waals surface area contributed by atoms with Gasteiger partial charge in [-0.05, 0) is 24.6 Å². The summed E-state index contributed by atoms with van der Waals surface area (Å²) in [6, 6.07) is 6.79. The fraction of sp³-hybridized carbons (Fsp3) is 0.500. The van der Waals surface area contributed by atoms with Crippen molar-refractivity contribution < 1.29 is 17.9 Å². The molecule has 1 saturated heterocycles. The molecule has 2 atom stereocenters. The number of sulfone groups is 1. The largest absolute Gasteiger partial charge is 0.371 e. The molecule has 0 unspecified atom stereocenters. The summed E-state index contributed by atoms with van der Waals surface area (Å²) in [6.45, 7) is 3.31. The Bertz CT molecular complexity index is 474. The van der Waals surface area contributed by atoms with E-state index in [1.165, 1.54) is 6.26 Å². The van der Waals surface area contributed by atoms with Gasteiger partial charge in [-0.1, -0.05) is 12.1 Å². The highest BCUT2D eigenvalue weighted by molar-refractivity contribution is 7.90. The Morgan fingerprint density at radius 1 is 1.41 bits per heavy atom. The average Bonchev–Trinajstić information content (AvgIpc) is 3.09. The molecule has 0 aromatic heterocycles. The number of epoxide rings is 1. The molecule has 1 aliphatic rings. The summed E-state index contributed by atoms with van der Waals surface area (Å²) in [7, 11) is -3.12. The summed E-state index contributed by atoms with van der Waals surface area (Å²) in [6.07, 6.45) is 1.40. The van der Waals surface area contributed by atoms with E-state index in [2.05, 4.69) is 0 Å². The van der Waals surface area contributed by atoms with Gasteiger partial charge in [-0.2, -0.15) is 0 Å². The lowest BCUT2D eigenvalue weighted by atomic mass is 10.1. The van der Waals surface area contributed by atoms with Gasteiger partial charge < -0.3 is 9.47 Å². The van der Waals surface area contributed by atoms with Crippen LogP contribution >= 0.6 is 0 Å². The van der Waals surface area contributed by atoms with Crippen molar-refractivity contribution in [2.24, 2.45) is 0 Å². The van der Waals surface area contributed by atoms with E-state index in [0.717, 1.165) is 12.2 Å². The van der Waals surface area contributed by atoms with Crippen molar-refractivity contribution in [2.45, 2.75) is 24.0 Å². The first kappa shape index (κ1) is 12.5. The number of hydrogen-bond acceptors (Lipinski definition) is 4. The molecule has 1 aromatic rings. The highest BCUT2D eigenvalue weighted by Gasteiger charge is 2.23. The molecule has 0 aliphatic carbocycles. The monoisotopic (exact) mass is 256 g/mol. The van der Waals surface area contributed by atoms with Crippen LogP contribution in [0.3, 0.4) is 0 Å². The average molecular weight is 256 g/mol. The molecule has 4 nitrogen and oxygen atoms in total. The molecule has 0 N–H and O–H groups in total. The van der Waals surface area contributed by atoms with Gasteiger partial charge in [-0.15, -0.1) is 0 Å². The Labute approximate surface area is 101 Å². The minimum Gasteiger partial charge on any atom is -0.371 e. The Morgan fingerprint density at radius 3 is 2.47 bits per heavy atom. The van der Waals surface area contributed by atoms with Crippen LogP contribution in [0.15, 0.2) is 29.2 Å². The Hall–Kier alpha value is -0.910. The molecule has 94 valence electrons. The zero-order valence-corrected chi connectivity index (χ0v) is 10.7. The van der Waals surface area contributed by atoms with Crippen LogP contribution < -0.4 is 0 Å². The van der Waals surface area contributed by atoms with Crippen LogP contribution in [0.4, 0.5) is 0 Å². The van der Waals surface area contributed by atoms with Crippen LogP contribution in [0.1, 0.15) is 18.6 Å². The Kier molecular flexibility index (Phi) is 3.51. The van der Waals surface area contributed by atoms with Gasteiger partial charge in [0.15, 0.2) is 9.84 Å². The molecule has 0 amide bonds. The van der Waals surface area contributed by atoms with Crippen LogP contribution in [-0.2, 0) is 19.3 Å². The van der Waals surface area contributed by atoms with Gasteiger partial charge in [0.1, 0.15) is 6.10 Å². The summed E-state index contributed by atoms with van der Waals surface area (Å²) in [5.74, 6) is 0. The lowest BCUT2D eigenvalue weighted by molar-refractivity contribution is 0.0539. The molecule has 1 heterocycles. The van der Waals surface area contributed by atoms with E-state index < -0.39 is 9.84 Å². The van der Waals surface area contributed by atoms with Gasteiger partial charge in [0.25, 0.3) is 0 Å². The third kappa shape index (κ3) is 3.52. The molecular formula is C12H16O4S. The molecule has 1 aliphatic heterocycles. The summed E-state index contributed by atoms with van der Waals surface area (Å²) in [4.78, 5) is 0.332. The standard InChI is InChI=1S/C12H16O4S/c1-9(15-7-11-8-16-11)10-3-5-12(6-4-10)17(2,13)14/h3-6,9,11H,7-8H2,1-2H3/t9-,11-/m0/s1. The van der Waals surface area contributed by atoms with E-state index in [0.29, 0.717) is 11.5 Å². The van der Waals surface area contributed by atoms with Crippen LogP contribution in [0, 0.1) is 0 Å². The van der Waals surface area contributed by atoms with E-state index in [1.807, 2.05) is 6.92 Å². The summed E-state index contributed by atoms with van der Waals surface area (Å²) < 4.78 is 33.2. The van der Waals surface area contributed by atoms with Crippen molar-refractivity contribution in [3.63, 3.8) is 0 Å². The van der Waals surface area contributed by atoms with Gasteiger partial charge in [0, 0.05) is 6.26 Å². The van der Waals surface area contributed by atoms with Crippen molar-refractivity contribution in [1.82, 2.24) is 0 Å². The van der Waals surface area contributed by atoms with E-state index in [-0.39, 0.29) is 12.2 Å². The summed E-state index contributed by atoms with van der Waals surface area (Å²) >= 11 is 0. The maximum atomic E-state index is 11.3. The maximum absolute atomic E-state index is 11.3. The molecule has 0 spiro atoms. The van der Waals surface area contributed by atoms with Crippen LogP contribution in [0.5, 0.6) is 0 Å². The minimum atomic E-state index is -3.12. The van der Waals surface area contributed by atoms with Crippen molar-refractivity contribution in [1.29, 1.82) is 0 Å². The summed E-state index contributed by atoms with van der Waals surface area (Å²) in [5.41, 5.74) is 0.970. The molecule has 1 fully saturated rings. The summed E-state index contributed by atoms with van der Waals surface area (Å²) in [5, 5.41) is 0. The second kappa shape index (κ2) is 4.76. The van der Waals surface area contributed by atoms with Crippen molar-refractivity contribution >= 4 is 9.84 Å². The molecular weight excluding hydrogens is 240 g/mol. The highest BCUT2D eigenvalue weighted by Crippen LogP contribution is 2.21. The van der Waals surface area contributed by atoms with E-state index >= 15 is 0 Å². The Balaban J connectivity index is 2.00.